The summed E-state index contributed by atoms with van der Waals surface area (Å²) in [7, 11) is -3.58. The van der Waals surface area contributed by atoms with Gasteiger partial charge in [-0.1, -0.05) is 31.0 Å². The van der Waals surface area contributed by atoms with Gasteiger partial charge in [0.25, 0.3) is 0 Å². The highest BCUT2D eigenvalue weighted by Gasteiger charge is 2.31. The number of piperidine rings is 1. The molecular weight excluding hydrogens is 298 g/mol. The molecule has 0 saturated carbocycles. The lowest BCUT2D eigenvalue weighted by Gasteiger charge is -2.31. The van der Waals surface area contributed by atoms with E-state index in [1.54, 1.807) is 6.07 Å². The number of halogens is 1. The van der Waals surface area contributed by atoms with Crippen LogP contribution in [-0.2, 0) is 16.6 Å². The Labute approximate surface area is 125 Å². The first kappa shape index (κ1) is 15.8. The summed E-state index contributed by atoms with van der Waals surface area (Å²) in [4.78, 5) is 0.0995. The summed E-state index contributed by atoms with van der Waals surface area (Å²) < 4.78 is 26.9. The molecule has 112 valence electrons. The summed E-state index contributed by atoms with van der Waals surface area (Å²) in [5, 5.41) is 9.37. The second kappa shape index (κ2) is 6.43. The van der Waals surface area contributed by atoms with Crippen molar-refractivity contribution in [2.75, 3.05) is 13.1 Å². The van der Waals surface area contributed by atoms with Crippen LogP contribution in [0.2, 0.25) is 5.02 Å². The average molecular weight is 318 g/mol. The van der Waals surface area contributed by atoms with Crippen LogP contribution in [0.25, 0.3) is 0 Å². The van der Waals surface area contributed by atoms with Gasteiger partial charge in [0.2, 0.25) is 10.0 Å². The maximum absolute atomic E-state index is 12.7. The summed E-state index contributed by atoms with van der Waals surface area (Å²) in [6, 6.07) is 4.63. The van der Waals surface area contributed by atoms with E-state index >= 15 is 0 Å². The maximum Gasteiger partial charge on any atom is 0.244 e. The third kappa shape index (κ3) is 3.17. The van der Waals surface area contributed by atoms with Crippen LogP contribution in [0, 0.1) is 5.92 Å². The van der Waals surface area contributed by atoms with Crippen molar-refractivity contribution in [3.63, 3.8) is 0 Å². The molecule has 2 rings (SSSR count). The lowest BCUT2D eigenvalue weighted by Crippen LogP contribution is -2.39. The zero-order valence-electron chi connectivity index (χ0n) is 11.5. The minimum Gasteiger partial charge on any atom is -0.392 e. The fourth-order valence-electron chi connectivity index (χ4n) is 2.56. The number of hydrogen-bond donors (Lipinski definition) is 1. The van der Waals surface area contributed by atoms with Crippen LogP contribution in [-0.4, -0.2) is 30.9 Å². The standard InChI is InChI=1S/C14H20ClNO3S/c1-2-11-4-3-7-16(9-11)20(18,19)14-8-12(10-17)5-6-13(14)15/h5-6,8,11,17H,2-4,7,9-10H2,1H3. The summed E-state index contributed by atoms with van der Waals surface area (Å²) in [5.74, 6) is 0.415. The Morgan fingerprint density at radius 3 is 2.85 bits per heavy atom. The number of hydrogen-bond acceptors (Lipinski definition) is 3. The van der Waals surface area contributed by atoms with Crippen LogP contribution < -0.4 is 0 Å². The first-order chi connectivity index (χ1) is 9.48. The molecule has 0 amide bonds. The van der Waals surface area contributed by atoms with Gasteiger partial charge in [-0.3, -0.25) is 0 Å². The largest absolute Gasteiger partial charge is 0.392 e. The fraction of sp³-hybridized carbons (Fsp3) is 0.571. The number of benzene rings is 1. The Kier molecular flexibility index (Phi) is 5.07. The lowest BCUT2D eigenvalue weighted by molar-refractivity contribution is 0.261. The molecule has 1 heterocycles. The molecule has 0 bridgehead atoms. The van der Waals surface area contributed by atoms with Gasteiger partial charge < -0.3 is 5.11 Å². The summed E-state index contributed by atoms with van der Waals surface area (Å²) in [6.45, 7) is 2.98. The fourth-order valence-corrected chi connectivity index (χ4v) is 4.64. The van der Waals surface area contributed by atoms with Crippen molar-refractivity contribution in [1.82, 2.24) is 4.31 Å². The normalized spacial score (nSPS) is 21.1. The molecule has 1 saturated heterocycles. The molecule has 1 aliphatic rings. The number of sulfonamides is 1. The predicted molar refractivity (Wildman–Crippen MR) is 79.1 cm³/mol. The molecule has 1 fully saturated rings. The quantitative estimate of drug-likeness (QED) is 0.928. The Bertz CT molecular complexity index is 574. The first-order valence-corrected chi connectivity index (χ1v) is 8.70. The van der Waals surface area contributed by atoms with Crippen molar-refractivity contribution < 1.29 is 13.5 Å². The molecule has 0 aliphatic carbocycles. The number of aliphatic hydroxyl groups is 1. The number of rotatable bonds is 4. The van der Waals surface area contributed by atoms with Crippen molar-refractivity contribution in [1.29, 1.82) is 0 Å². The van der Waals surface area contributed by atoms with E-state index in [1.165, 1.54) is 16.4 Å². The van der Waals surface area contributed by atoms with Crippen molar-refractivity contribution in [3.8, 4) is 0 Å². The van der Waals surface area contributed by atoms with Crippen LogP contribution in [0.15, 0.2) is 23.1 Å². The van der Waals surface area contributed by atoms with Gasteiger partial charge in [-0.05, 0) is 36.5 Å². The van der Waals surface area contributed by atoms with Gasteiger partial charge in [-0.15, -0.1) is 0 Å². The van der Waals surface area contributed by atoms with E-state index in [1.807, 2.05) is 0 Å². The molecule has 1 N–H and O–H groups in total. The number of aliphatic hydroxyl groups excluding tert-OH is 1. The van der Waals surface area contributed by atoms with E-state index in [0.29, 0.717) is 24.6 Å². The smallest absolute Gasteiger partial charge is 0.244 e. The van der Waals surface area contributed by atoms with Gasteiger partial charge in [0.1, 0.15) is 4.90 Å². The minimum absolute atomic E-state index is 0.0995. The van der Waals surface area contributed by atoms with E-state index < -0.39 is 10.0 Å². The maximum atomic E-state index is 12.7. The van der Waals surface area contributed by atoms with Crippen LogP contribution >= 0.6 is 11.6 Å². The monoisotopic (exact) mass is 317 g/mol. The summed E-state index contributed by atoms with van der Waals surface area (Å²) in [5.41, 5.74) is 0.553. The van der Waals surface area contributed by atoms with E-state index in [4.69, 9.17) is 16.7 Å². The second-order valence-electron chi connectivity index (χ2n) is 5.20. The molecular formula is C14H20ClNO3S. The predicted octanol–water partition coefficient (Wildman–Crippen LogP) is 2.64. The van der Waals surface area contributed by atoms with E-state index in [0.717, 1.165) is 19.3 Å². The highest BCUT2D eigenvalue weighted by molar-refractivity contribution is 7.89. The van der Waals surface area contributed by atoms with Gasteiger partial charge in [-0.2, -0.15) is 4.31 Å². The second-order valence-corrected chi connectivity index (χ2v) is 7.52. The molecule has 6 heteroatoms. The summed E-state index contributed by atoms with van der Waals surface area (Å²) in [6.07, 6.45) is 2.94. The van der Waals surface area contributed by atoms with Crippen LogP contribution in [0.5, 0.6) is 0 Å². The van der Waals surface area contributed by atoms with Gasteiger partial charge in [0.15, 0.2) is 0 Å². The zero-order valence-corrected chi connectivity index (χ0v) is 13.1. The molecule has 1 aromatic carbocycles. The molecule has 1 atom stereocenters. The zero-order chi connectivity index (χ0) is 14.8. The lowest BCUT2D eigenvalue weighted by atomic mass is 9.97. The molecule has 0 spiro atoms. The van der Waals surface area contributed by atoms with Gasteiger partial charge in [-0.25, -0.2) is 8.42 Å². The molecule has 0 radical (unpaired) electrons. The minimum atomic E-state index is -3.58. The first-order valence-electron chi connectivity index (χ1n) is 6.88. The van der Waals surface area contributed by atoms with Crippen LogP contribution in [0.4, 0.5) is 0 Å². The highest BCUT2D eigenvalue weighted by atomic mass is 35.5. The number of nitrogens with zero attached hydrogens (tertiary/aromatic N) is 1. The molecule has 1 aromatic rings. The van der Waals surface area contributed by atoms with Gasteiger partial charge >= 0.3 is 0 Å². The third-order valence-electron chi connectivity index (χ3n) is 3.86. The van der Waals surface area contributed by atoms with E-state index in [2.05, 4.69) is 6.92 Å². The third-order valence-corrected chi connectivity index (χ3v) is 6.20. The van der Waals surface area contributed by atoms with Gasteiger partial charge in [0.05, 0.1) is 11.6 Å². The Balaban J connectivity index is 2.34. The van der Waals surface area contributed by atoms with Gasteiger partial charge in [0, 0.05) is 13.1 Å². The van der Waals surface area contributed by atoms with Crippen molar-refractivity contribution in [3.05, 3.63) is 28.8 Å². The van der Waals surface area contributed by atoms with Crippen LogP contribution in [0.1, 0.15) is 31.7 Å². The average Bonchev–Trinajstić information content (AvgIpc) is 2.47. The molecule has 1 unspecified atom stereocenters. The summed E-state index contributed by atoms with van der Waals surface area (Å²) >= 11 is 6.04. The van der Waals surface area contributed by atoms with E-state index in [-0.39, 0.29) is 16.5 Å². The van der Waals surface area contributed by atoms with Crippen molar-refractivity contribution in [2.45, 2.75) is 37.7 Å². The Morgan fingerprint density at radius 2 is 2.20 bits per heavy atom. The topological polar surface area (TPSA) is 57.6 Å². The van der Waals surface area contributed by atoms with E-state index in [9.17, 15) is 8.42 Å². The molecule has 20 heavy (non-hydrogen) atoms. The van der Waals surface area contributed by atoms with Crippen LogP contribution in [0.3, 0.4) is 0 Å². The Morgan fingerprint density at radius 1 is 1.45 bits per heavy atom. The SMILES string of the molecule is CCC1CCCN(S(=O)(=O)c2cc(CO)ccc2Cl)C1. The van der Waals surface area contributed by atoms with Crippen molar-refractivity contribution >= 4 is 21.6 Å². The Hall–Kier alpha value is -0.620. The molecule has 4 nitrogen and oxygen atoms in total. The molecule has 1 aliphatic heterocycles. The molecule has 0 aromatic heterocycles. The van der Waals surface area contributed by atoms with Crippen molar-refractivity contribution in [2.24, 2.45) is 5.92 Å². The highest BCUT2D eigenvalue weighted by Crippen LogP contribution is 2.29.